The van der Waals surface area contributed by atoms with Crippen LogP contribution in [0.4, 0.5) is 36.7 Å². The monoisotopic (exact) mass is 693 g/mol. The van der Waals surface area contributed by atoms with Gasteiger partial charge in [0.1, 0.15) is 18.0 Å². The van der Waals surface area contributed by atoms with Crippen molar-refractivity contribution in [2.45, 2.75) is 38.5 Å². The summed E-state index contributed by atoms with van der Waals surface area (Å²) in [5, 5.41) is 4.90. The molecule has 1 aromatic heterocycles. The van der Waals surface area contributed by atoms with Gasteiger partial charge in [0.15, 0.2) is 5.82 Å². The second-order valence-corrected chi connectivity index (χ2v) is 12.8. The number of aromatic nitrogens is 2. The number of benzene rings is 2. The van der Waals surface area contributed by atoms with Crippen LogP contribution in [-0.4, -0.2) is 121 Å². The Morgan fingerprint density at radius 1 is 1.06 bits per heavy atom. The van der Waals surface area contributed by atoms with Gasteiger partial charge < -0.3 is 29.5 Å². The van der Waals surface area contributed by atoms with Crippen LogP contribution in [0.2, 0.25) is 0 Å². The topological polar surface area (TPSA) is 136 Å². The number of halogens is 2. The summed E-state index contributed by atoms with van der Waals surface area (Å²) in [4.78, 5) is 53.1. The van der Waals surface area contributed by atoms with E-state index in [2.05, 4.69) is 25.6 Å². The summed E-state index contributed by atoms with van der Waals surface area (Å²) < 4.78 is 40.4. The Bertz CT molecular complexity index is 1720. The third kappa shape index (κ3) is 7.40. The first kappa shape index (κ1) is 34.8. The van der Waals surface area contributed by atoms with Crippen LogP contribution in [0.1, 0.15) is 29.8 Å². The molecule has 4 heterocycles. The largest absolute Gasteiger partial charge is 0.495 e. The van der Waals surface area contributed by atoms with Gasteiger partial charge in [0.25, 0.3) is 11.8 Å². The van der Waals surface area contributed by atoms with Crippen molar-refractivity contribution < 1.29 is 32.6 Å². The normalized spacial score (nSPS) is 18.3. The molecular formula is C34H41F2N9O5. The van der Waals surface area contributed by atoms with E-state index in [-0.39, 0.29) is 48.1 Å². The molecule has 2 saturated heterocycles. The molecule has 3 aromatic rings. The van der Waals surface area contributed by atoms with Crippen LogP contribution < -0.4 is 25.3 Å². The van der Waals surface area contributed by atoms with E-state index < -0.39 is 18.4 Å². The van der Waals surface area contributed by atoms with Gasteiger partial charge in [0.05, 0.1) is 25.5 Å². The first-order valence-electron chi connectivity index (χ1n) is 16.4. The molecule has 0 atom stereocenters. The molecular weight excluding hydrogens is 652 g/mol. The van der Waals surface area contributed by atoms with Crippen molar-refractivity contribution >= 4 is 41.0 Å². The van der Waals surface area contributed by atoms with Crippen LogP contribution in [-0.2, 0) is 16.1 Å². The van der Waals surface area contributed by atoms with Crippen molar-refractivity contribution in [1.29, 1.82) is 0 Å². The van der Waals surface area contributed by atoms with Crippen LogP contribution in [0.3, 0.4) is 0 Å². The lowest BCUT2D eigenvalue weighted by molar-refractivity contribution is -0.140. The second kappa shape index (κ2) is 14.4. The molecule has 14 nitrogen and oxygen atoms in total. The predicted octanol–water partition coefficient (Wildman–Crippen LogP) is 3.34. The van der Waals surface area contributed by atoms with E-state index in [1.165, 1.54) is 25.3 Å². The summed E-state index contributed by atoms with van der Waals surface area (Å²) in [6, 6.07) is 14.3. The molecule has 6 rings (SSSR count). The SMILES string of the molecule is COc1cc(C(=O)NN2CC(N3CCN(C(=O)OCc4ccccc4)CC3)C2)ccc1Nc1ncc2c(n1)N(C(C)C)CC(F)(F)C(=O)N2C. The highest BCUT2D eigenvalue weighted by Crippen LogP contribution is 2.37. The molecule has 3 aliphatic heterocycles. The van der Waals surface area contributed by atoms with Gasteiger partial charge in [-0.05, 0) is 37.6 Å². The molecule has 0 radical (unpaired) electrons. The van der Waals surface area contributed by atoms with Crippen molar-refractivity contribution in [3.05, 3.63) is 65.9 Å². The summed E-state index contributed by atoms with van der Waals surface area (Å²) in [6.07, 6.45) is 1.02. The average Bonchev–Trinajstić information content (AvgIpc) is 3.17. The number of hydrazine groups is 1. The van der Waals surface area contributed by atoms with Gasteiger partial charge in [0.2, 0.25) is 5.95 Å². The van der Waals surface area contributed by atoms with Crippen molar-refractivity contribution in [2.75, 3.05) is 75.1 Å². The molecule has 0 saturated carbocycles. The number of nitrogens with one attached hydrogen (secondary N) is 2. The standard InChI is InChI=1S/C34H41F2N9O5/c1-22(2)45-21-34(35,36)31(47)41(3)27-17-37-32(39-29(27)45)38-26-11-10-24(16-28(26)49-4)30(46)40-44-18-25(19-44)42-12-14-43(15-13-42)33(48)50-20-23-8-6-5-7-9-23/h5-11,16-17,22,25H,12-15,18-21H2,1-4H3,(H,40,46)(H,37,38,39). The molecule has 2 aromatic carbocycles. The third-order valence-electron chi connectivity index (χ3n) is 9.12. The third-order valence-corrected chi connectivity index (χ3v) is 9.12. The average molecular weight is 694 g/mol. The first-order valence-corrected chi connectivity index (χ1v) is 16.4. The number of rotatable bonds is 9. The van der Waals surface area contributed by atoms with Gasteiger partial charge in [-0.2, -0.15) is 13.8 Å². The predicted molar refractivity (Wildman–Crippen MR) is 182 cm³/mol. The van der Waals surface area contributed by atoms with Gasteiger partial charge >= 0.3 is 12.0 Å². The van der Waals surface area contributed by atoms with E-state index in [1.807, 2.05) is 35.3 Å². The fraction of sp³-hybridized carbons (Fsp3) is 0.441. The van der Waals surface area contributed by atoms with E-state index in [0.717, 1.165) is 23.6 Å². The van der Waals surface area contributed by atoms with Gasteiger partial charge in [0, 0.05) is 64.0 Å². The maximum atomic E-state index is 14.7. The molecule has 0 aliphatic carbocycles. The minimum atomic E-state index is -3.60. The minimum absolute atomic E-state index is 0.104. The summed E-state index contributed by atoms with van der Waals surface area (Å²) >= 11 is 0. The summed E-state index contributed by atoms with van der Waals surface area (Å²) in [5.41, 5.74) is 4.87. The van der Waals surface area contributed by atoms with Crippen LogP contribution in [0.25, 0.3) is 0 Å². The zero-order valence-corrected chi connectivity index (χ0v) is 28.4. The Hall–Kier alpha value is -5.09. The Morgan fingerprint density at radius 2 is 1.78 bits per heavy atom. The van der Waals surface area contributed by atoms with Crippen molar-refractivity contribution in [2.24, 2.45) is 0 Å². The number of piperazine rings is 1. The van der Waals surface area contributed by atoms with Crippen LogP contribution in [0.5, 0.6) is 5.75 Å². The number of alkyl halides is 2. The van der Waals surface area contributed by atoms with E-state index in [1.54, 1.807) is 36.9 Å². The summed E-state index contributed by atoms with van der Waals surface area (Å²) in [7, 11) is 2.74. The fourth-order valence-electron chi connectivity index (χ4n) is 6.14. The molecule has 0 spiro atoms. The smallest absolute Gasteiger partial charge is 0.410 e. The molecule has 16 heteroatoms. The molecule has 3 amide bonds. The van der Waals surface area contributed by atoms with E-state index >= 15 is 0 Å². The number of fused-ring (bicyclic) bond motifs is 1. The number of anilines is 4. The van der Waals surface area contributed by atoms with Gasteiger partial charge in [-0.1, -0.05) is 30.3 Å². The van der Waals surface area contributed by atoms with Crippen molar-refractivity contribution in [3.8, 4) is 5.75 Å². The Labute approximate surface area is 288 Å². The number of amides is 3. The maximum absolute atomic E-state index is 14.7. The molecule has 3 aliphatic rings. The Kier molecular flexibility index (Phi) is 10.0. The van der Waals surface area contributed by atoms with E-state index in [9.17, 15) is 23.2 Å². The number of carbonyl (C=O) groups excluding carboxylic acids is 3. The zero-order valence-electron chi connectivity index (χ0n) is 28.4. The quantitative estimate of drug-likeness (QED) is 0.342. The van der Waals surface area contributed by atoms with Crippen LogP contribution in [0, 0.1) is 0 Å². The number of hydrogen-bond donors (Lipinski definition) is 2. The van der Waals surface area contributed by atoms with Crippen LogP contribution in [0.15, 0.2) is 54.7 Å². The van der Waals surface area contributed by atoms with Crippen molar-refractivity contribution in [3.63, 3.8) is 0 Å². The summed E-state index contributed by atoms with van der Waals surface area (Å²) in [5.74, 6) is -4.59. The van der Waals surface area contributed by atoms with E-state index in [0.29, 0.717) is 43.2 Å². The molecule has 266 valence electrons. The molecule has 0 bridgehead atoms. The minimum Gasteiger partial charge on any atom is -0.495 e. The lowest BCUT2D eigenvalue weighted by atomic mass is 10.1. The van der Waals surface area contributed by atoms with Gasteiger partial charge in [-0.15, -0.1) is 0 Å². The molecule has 50 heavy (non-hydrogen) atoms. The number of carbonyl (C=O) groups is 3. The van der Waals surface area contributed by atoms with Gasteiger partial charge in [-0.3, -0.25) is 19.9 Å². The zero-order chi connectivity index (χ0) is 35.6. The highest BCUT2D eigenvalue weighted by molar-refractivity contribution is 6.02. The highest BCUT2D eigenvalue weighted by atomic mass is 19.3. The van der Waals surface area contributed by atoms with Crippen molar-refractivity contribution in [1.82, 2.24) is 30.2 Å². The molecule has 2 fully saturated rings. The second-order valence-electron chi connectivity index (χ2n) is 12.8. The highest BCUT2D eigenvalue weighted by Gasteiger charge is 2.47. The lowest BCUT2D eigenvalue weighted by Gasteiger charge is -2.47. The Balaban J connectivity index is 1.01. The maximum Gasteiger partial charge on any atom is 0.410 e. The molecule has 2 N–H and O–H groups in total. The lowest BCUT2D eigenvalue weighted by Crippen LogP contribution is -2.67. The number of ether oxygens (including phenoxy) is 2. The Morgan fingerprint density at radius 3 is 2.46 bits per heavy atom. The van der Waals surface area contributed by atoms with E-state index in [4.69, 9.17) is 9.47 Å². The number of hydrogen-bond acceptors (Lipinski definition) is 11. The number of nitrogens with zero attached hydrogens (tertiary/aromatic N) is 7. The number of methoxy groups -OCH3 is 1. The van der Waals surface area contributed by atoms with Gasteiger partial charge in [-0.25, -0.2) is 14.8 Å². The molecule has 0 unspecified atom stereocenters. The summed E-state index contributed by atoms with van der Waals surface area (Å²) in [6.45, 7) is 6.83. The fourth-order valence-corrected chi connectivity index (χ4v) is 6.14. The van der Waals surface area contributed by atoms with Crippen LogP contribution >= 0.6 is 0 Å². The first-order chi connectivity index (χ1) is 23.9.